The third-order valence-electron chi connectivity index (χ3n) is 3.39. The van der Waals surface area contributed by atoms with E-state index in [2.05, 4.69) is 20.3 Å². The van der Waals surface area contributed by atoms with Crippen molar-refractivity contribution in [1.82, 2.24) is 19.5 Å². The van der Waals surface area contributed by atoms with Crippen LogP contribution in [0, 0.1) is 0 Å². The average molecular weight is 337 g/mol. The van der Waals surface area contributed by atoms with Gasteiger partial charge in [-0.25, -0.2) is 15.0 Å². The molecule has 0 atom stereocenters. The van der Waals surface area contributed by atoms with E-state index in [1.54, 1.807) is 18.0 Å². The van der Waals surface area contributed by atoms with E-state index < -0.39 is 11.7 Å². The molecule has 126 valence electrons. The number of nitrogens with one attached hydrogen (secondary N) is 1. The summed E-state index contributed by atoms with van der Waals surface area (Å²) in [6.07, 6.45) is -1.47. The molecule has 0 aliphatic carbocycles. The van der Waals surface area contributed by atoms with Gasteiger partial charge in [-0.1, -0.05) is 6.07 Å². The van der Waals surface area contributed by atoms with E-state index in [9.17, 15) is 13.2 Å². The summed E-state index contributed by atoms with van der Waals surface area (Å²) in [4.78, 5) is 12.5. The summed E-state index contributed by atoms with van der Waals surface area (Å²) in [5, 5.41) is 2.87. The van der Waals surface area contributed by atoms with Crippen molar-refractivity contribution in [1.29, 1.82) is 0 Å². The summed E-state index contributed by atoms with van der Waals surface area (Å²) >= 11 is 0. The van der Waals surface area contributed by atoms with Crippen molar-refractivity contribution in [3.05, 3.63) is 42.5 Å². The SMILES string of the molecule is COCCn1cnc2c(Nc3cccc(C(F)(F)F)c3)ncnc21. The Kier molecular flexibility index (Phi) is 4.34. The lowest BCUT2D eigenvalue weighted by Crippen LogP contribution is -2.06. The van der Waals surface area contributed by atoms with Crippen LogP contribution in [0.4, 0.5) is 24.7 Å². The Bertz CT molecular complexity index is 846. The van der Waals surface area contributed by atoms with E-state index in [0.717, 1.165) is 12.1 Å². The molecule has 3 rings (SSSR count). The number of nitrogens with zero attached hydrogens (tertiary/aromatic N) is 4. The monoisotopic (exact) mass is 337 g/mol. The number of alkyl halides is 3. The minimum atomic E-state index is -4.40. The largest absolute Gasteiger partial charge is 0.416 e. The van der Waals surface area contributed by atoms with Crippen molar-refractivity contribution in [2.24, 2.45) is 0 Å². The first-order chi connectivity index (χ1) is 11.5. The van der Waals surface area contributed by atoms with E-state index in [-0.39, 0.29) is 5.69 Å². The van der Waals surface area contributed by atoms with Crippen LogP contribution >= 0.6 is 0 Å². The van der Waals surface area contributed by atoms with Crippen molar-refractivity contribution in [3.63, 3.8) is 0 Å². The Labute approximate surface area is 135 Å². The van der Waals surface area contributed by atoms with Gasteiger partial charge in [-0.3, -0.25) is 0 Å². The van der Waals surface area contributed by atoms with Crippen LogP contribution in [0.15, 0.2) is 36.9 Å². The molecule has 0 saturated heterocycles. The number of anilines is 2. The predicted molar refractivity (Wildman–Crippen MR) is 81.9 cm³/mol. The van der Waals surface area contributed by atoms with Crippen molar-refractivity contribution in [3.8, 4) is 0 Å². The van der Waals surface area contributed by atoms with E-state index >= 15 is 0 Å². The van der Waals surface area contributed by atoms with Gasteiger partial charge in [0.15, 0.2) is 17.0 Å². The summed E-state index contributed by atoms with van der Waals surface area (Å²) in [5.74, 6) is 0.343. The first kappa shape index (κ1) is 16.2. The van der Waals surface area contributed by atoms with E-state index in [1.807, 2.05) is 0 Å². The molecule has 0 spiro atoms. The van der Waals surface area contributed by atoms with Crippen molar-refractivity contribution in [2.75, 3.05) is 19.0 Å². The topological polar surface area (TPSA) is 64.9 Å². The molecule has 0 saturated carbocycles. The number of rotatable bonds is 5. The normalized spacial score (nSPS) is 11.8. The Morgan fingerprint density at radius 3 is 2.79 bits per heavy atom. The van der Waals surface area contributed by atoms with Gasteiger partial charge in [0.05, 0.1) is 18.5 Å². The molecule has 0 bridgehead atoms. The van der Waals surface area contributed by atoms with Crippen LogP contribution in [0.1, 0.15) is 5.56 Å². The number of aromatic nitrogens is 4. The van der Waals surface area contributed by atoms with E-state index in [1.165, 1.54) is 18.5 Å². The molecule has 6 nitrogen and oxygen atoms in total. The van der Waals surface area contributed by atoms with Crippen molar-refractivity contribution >= 4 is 22.7 Å². The van der Waals surface area contributed by atoms with Crippen molar-refractivity contribution in [2.45, 2.75) is 12.7 Å². The Balaban J connectivity index is 1.92. The third-order valence-corrected chi connectivity index (χ3v) is 3.39. The highest BCUT2D eigenvalue weighted by Crippen LogP contribution is 2.31. The molecule has 9 heteroatoms. The fourth-order valence-corrected chi connectivity index (χ4v) is 2.24. The standard InChI is InChI=1S/C15H14F3N5O/c1-24-6-5-23-9-21-12-13(19-8-20-14(12)23)22-11-4-2-3-10(7-11)15(16,17)18/h2-4,7-9H,5-6H2,1H3,(H,19,20,22). The maximum atomic E-state index is 12.8. The first-order valence-corrected chi connectivity index (χ1v) is 7.08. The van der Waals surface area contributed by atoms with Gasteiger partial charge >= 0.3 is 6.18 Å². The van der Waals surface area contributed by atoms with Crippen LogP contribution in [0.5, 0.6) is 0 Å². The molecule has 1 N–H and O–H groups in total. The second-order valence-electron chi connectivity index (χ2n) is 5.03. The van der Waals surface area contributed by atoms with Gasteiger partial charge in [0.1, 0.15) is 6.33 Å². The van der Waals surface area contributed by atoms with Crippen LogP contribution in [-0.2, 0) is 17.5 Å². The lowest BCUT2D eigenvalue weighted by molar-refractivity contribution is -0.137. The zero-order valence-corrected chi connectivity index (χ0v) is 12.7. The van der Waals surface area contributed by atoms with Gasteiger partial charge in [0.2, 0.25) is 0 Å². The molecule has 0 aliphatic heterocycles. The minimum Gasteiger partial charge on any atom is -0.383 e. The molecule has 2 heterocycles. The number of hydrogen-bond donors (Lipinski definition) is 1. The number of halogens is 3. The molecule has 0 radical (unpaired) electrons. The zero-order chi connectivity index (χ0) is 17.2. The predicted octanol–water partition coefficient (Wildman–Crippen LogP) is 3.24. The number of benzene rings is 1. The molecule has 0 fully saturated rings. The Morgan fingerprint density at radius 1 is 1.21 bits per heavy atom. The lowest BCUT2D eigenvalue weighted by atomic mass is 10.2. The van der Waals surface area contributed by atoms with E-state index in [4.69, 9.17) is 4.74 Å². The Morgan fingerprint density at radius 2 is 2.04 bits per heavy atom. The second-order valence-corrected chi connectivity index (χ2v) is 5.03. The second kappa shape index (κ2) is 6.44. The molecule has 2 aromatic heterocycles. The number of hydrogen-bond acceptors (Lipinski definition) is 5. The third kappa shape index (κ3) is 3.30. The molecular formula is C15H14F3N5O. The van der Waals surface area contributed by atoms with Gasteiger partial charge < -0.3 is 14.6 Å². The smallest absolute Gasteiger partial charge is 0.383 e. The summed E-state index contributed by atoms with van der Waals surface area (Å²) < 4.78 is 45.2. The number of fused-ring (bicyclic) bond motifs is 1. The zero-order valence-electron chi connectivity index (χ0n) is 12.7. The molecular weight excluding hydrogens is 323 g/mol. The highest BCUT2D eigenvalue weighted by Gasteiger charge is 2.30. The fourth-order valence-electron chi connectivity index (χ4n) is 2.24. The van der Waals surface area contributed by atoms with Gasteiger partial charge in [-0.05, 0) is 18.2 Å². The fraction of sp³-hybridized carbons (Fsp3) is 0.267. The summed E-state index contributed by atoms with van der Waals surface area (Å²) in [6.45, 7) is 1.05. The van der Waals surface area contributed by atoms with Crippen LogP contribution in [0.25, 0.3) is 11.2 Å². The van der Waals surface area contributed by atoms with Crippen LogP contribution in [0.2, 0.25) is 0 Å². The van der Waals surface area contributed by atoms with Crippen LogP contribution in [-0.4, -0.2) is 33.2 Å². The van der Waals surface area contributed by atoms with Gasteiger partial charge in [0, 0.05) is 19.3 Å². The van der Waals surface area contributed by atoms with Gasteiger partial charge in [-0.15, -0.1) is 0 Å². The highest BCUT2D eigenvalue weighted by atomic mass is 19.4. The lowest BCUT2D eigenvalue weighted by Gasteiger charge is -2.10. The molecule has 1 aromatic carbocycles. The number of ether oxygens (including phenoxy) is 1. The molecule has 0 amide bonds. The van der Waals surface area contributed by atoms with Crippen LogP contribution in [0.3, 0.4) is 0 Å². The highest BCUT2D eigenvalue weighted by molar-refractivity contribution is 5.85. The number of methoxy groups -OCH3 is 1. The summed E-state index contributed by atoms with van der Waals surface area (Å²) in [7, 11) is 1.59. The maximum Gasteiger partial charge on any atom is 0.416 e. The average Bonchev–Trinajstić information content (AvgIpc) is 2.97. The Hall–Kier alpha value is -2.68. The molecule has 0 unspecified atom stereocenters. The molecule has 24 heavy (non-hydrogen) atoms. The number of imidazole rings is 1. The summed E-state index contributed by atoms with van der Waals surface area (Å²) in [5.41, 5.74) is 0.599. The first-order valence-electron chi connectivity index (χ1n) is 7.08. The molecule has 0 aliphatic rings. The molecule has 3 aromatic rings. The van der Waals surface area contributed by atoms with Gasteiger partial charge in [0.25, 0.3) is 0 Å². The van der Waals surface area contributed by atoms with E-state index in [0.29, 0.717) is 30.1 Å². The summed E-state index contributed by atoms with van der Waals surface area (Å²) in [6, 6.07) is 4.90. The quantitative estimate of drug-likeness (QED) is 0.774. The van der Waals surface area contributed by atoms with Crippen molar-refractivity contribution < 1.29 is 17.9 Å². The maximum absolute atomic E-state index is 12.8. The minimum absolute atomic E-state index is 0.274. The van der Waals surface area contributed by atoms with Gasteiger partial charge in [-0.2, -0.15) is 13.2 Å². The van der Waals surface area contributed by atoms with Crippen LogP contribution < -0.4 is 5.32 Å².